The van der Waals surface area contributed by atoms with Gasteiger partial charge >= 0.3 is 5.97 Å². The minimum absolute atomic E-state index is 0.0238. The van der Waals surface area contributed by atoms with Gasteiger partial charge in [-0.1, -0.05) is 15.9 Å². The Bertz CT molecular complexity index is 684. The number of rotatable bonds is 2. The fraction of sp³-hybridized carbons (Fsp3) is 0.182. The number of methoxy groups -OCH3 is 1. The maximum Gasteiger partial charge on any atom is 0.325 e. The number of benzene rings is 1. The monoisotopic (exact) mass is 314 g/mol. The predicted octanol–water partition coefficient (Wildman–Crippen LogP) is 1.47. The molecule has 94 valence electrons. The standard InChI is InChI=1S/C11H8BrFN2O3/c1-18-9(16)4-15-5-14-10-7(11(15)17)2-6(12)3-8(10)13/h2-3,5H,4H2,1H3. The first-order valence-corrected chi connectivity index (χ1v) is 5.73. The van der Waals surface area contributed by atoms with E-state index < -0.39 is 17.3 Å². The Labute approximate surface area is 109 Å². The number of esters is 1. The van der Waals surface area contributed by atoms with Crippen molar-refractivity contribution < 1.29 is 13.9 Å². The molecule has 5 nitrogen and oxygen atoms in total. The Morgan fingerprint density at radius 3 is 2.94 bits per heavy atom. The highest BCUT2D eigenvalue weighted by Gasteiger charge is 2.11. The average Bonchev–Trinajstić information content (AvgIpc) is 2.33. The lowest BCUT2D eigenvalue weighted by Crippen LogP contribution is -2.25. The van der Waals surface area contributed by atoms with Gasteiger partial charge in [-0.3, -0.25) is 14.2 Å². The Balaban J connectivity index is 2.64. The molecule has 0 spiro atoms. The number of fused-ring (bicyclic) bond motifs is 1. The van der Waals surface area contributed by atoms with Crippen molar-refractivity contribution in [2.24, 2.45) is 0 Å². The van der Waals surface area contributed by atoms with E-state index in [2.05, 4.69) is 25.7 Å². The van der Waals surface area contributed by atoms with Crippen molar-refractivity contribution in [3.8, 4) is 0 Å². The van der Waals surface area contributed by atoms with Crippen LogP contribution in [0.3, 0.4) is 0 Å². The molecule has 0 aliphatic carbocycles. The molecule has 0 fully saturated rings. The quantitative estimate of drug-likeness (QED) is 0.788. The van der Waals surface area contributed by atoms with Crippen LogP contribution in [0.2, 0.25) is 0 Å². The zero-order chi connectivity index (χ0) is 13.3. The SMILES string of the molecule is COC(=O)Cn1cnc2c(F)cc(Br)cc2c1=O. The van der Waals surface area contributed by atoms with E-state index in [4.69, 9.17) is 0 Å². The smallest absolute Gasteiger partial charge is 0.325 e. The number of nitrogens with zero attached hydrogens (tertiary/aromatic N) is 2. The molecule has 0 amide bonds. The van der Waals surface area contributed by atoms with Gasteiger partial charge in [-0.15, -0.1) is 0 Å². The van der Waals surface area contributed by atoms with Gasteiger partial charge in [-0.25, -0.2) is 9.37 Å². The highest BCUT2D eigenvalue weighted by Crippen LogP contribution is 2.18. The molecule has 0 aliphatic rings. The molecular weight excluding hydrogens is 307 g/mol. The topological polar surface area (TPSA) is 61.2 Å². The molecule has 2 rings (SSSR count). The maximum atomic E-state index is 13.6. The molecule has 0 unspecified atom stereocenters. The normalized spacial score (nSPS) is 10.6. The van der Waals surface area contributed by atoms with Crippen LogP contribution in [-0.4, -0.2) is 22.6 Å². The highest BCUT2D eigenvalue weighted by atomic mass is 79.9. The second-order valence-electron chi connectivity index (χ2n) is 3.54. The molecule has 1 heterocycles. The number of hydrogen-bond donors (Lipinski definition) is 0. The van der Waals surface area contributed by atoms with E-state index in [1.807, 2.05) is 0 Å². The highest BCUT2D eigenvalue weighted by molar-refractivity contribution is 9.10. The van der Waals surface area contributed by atoms with Gasteiger partial charge in [0, 0.05) is 4.47 Å². The molecule has 18 heavy (non-hydrogen) atoms. The summed E-state index contributed by atoms with van der Waals surface area (Å²) in [4.78, 5) is 27.0. The van der Waals surface area contributed by atoms with E-state index in [0.29, 0.717) is 4.47 Å². The summed E-state index contributed by atoms with van der Waals surface area (Å²) in [7, 11) is 1.22. The van der Waals surface area contributed by atoms with Crippen molar-refractivity contribution in [1.29, 1.82) is 0 Å². The molecule has 0 saturated carbocycles. The zero-order valence-corrected chi connectivity index (χ0v) is 10.9. The van der Waals surface area contributed by atoms with E-state index in [1.165, 1.54) is 19.2 Å². The van der Waals surface area contributed by atoms with Gasteiger partial charge in [0.15, 0.2) is 5.82 Å². The predicted molar refractivity (Wildman–Crippen MR) is 65.7 cm³/mol. The largest absolute Gasteiger partial charge is 0.468 e. The Morgan fingerprint density at radius 2 is 2.28 bits per heavy atom. The number of hydrogen-bond acceptors (Lipinski definition) is 4. The van der Waals surface area contributed by atoms with Crippen molar-refractivity contribution in [2.75, 3.05) is 7.11 Å². The van der Waals surface area contributed by atoms with Crippen molar-refractivity contribution in [3.63, 3.8) is 0 Å². The summed E-state index contributed by atoms with van der Waals surface area (Å²) in [5.74, 6) is -1.17. The Kier molecular flexibility index (Phi) is 3.42. The number of aromatic nitrogens is 2. The molecule has 0 bridgehead atoms. The van der Waals surface area contributed by atoms with Crippen LogP contribution in [0.25, 0.3) is 10.9 Å². The van der Waals surface area contributed by atoms with Gasteiger partial charge in [0.25, 0.3) is 5.56 Å². The summed E-state index contributed by atoms with van der Waals surface area (Å²) in [5, 5.41) is 0.105. The molecule has 0 saturated heterocycles. The van der Waals surface area contributed by atoms with Crippen LogP contribution in [0.1, 0.15) is 0 Å². The Morgan fingerprint density at radius 1 is 1.56 bits per heavy atom. The minimum Gasteiger partial charge on any atom is -0.468 e. The summed E-state index contributed by atoms with van der Waals surface area (Å²) in [6, 6.07) is 2.68. The Hall–Kier alpha value is -1.76. The summed E-state index contributed by atoms with van der Waals surface area (Å²) < 4.78 is 19.5. The van der Waals surface area contributed by atoms with E-state index in [1.54, 1.807) is 0 Å². The van der Waals surface area contributed by atoms with Gasteiger partial charge < -0.3 is 4.74 Å². The third-order valence-corrected chi connectivity index (χ3v) is 2.83. The molecule has 0 atom stereocenters. The van der Waals surface area contributed by atoms with Crippen molar-refractivity contribution in [1.82, 2.24) is 9.55 Å². The first-order valence-electron chi connectivity index (χ1n) is 4.94. The van der Waals surface area contributed by atoms with Crippen LogP contribution in [0.5, 0.6) is 0 Å². The molecule has 1 aromatic carbocycles. The molecule has 0 aliphatic heterocycles. The van der Waals surface area contributed by atoms with Crippen LogP contribution in [0.15, 0.2) is 27.7 Å². The zero-order valence-electron chi connectivity index (χ0n) is 9.31. The molecule has 1 aromatic heterocycles. The van der Waals surface area contributed by atoms with Crippen molar-refractivity contribution in [2.45, 2.75) is 6.54 Å². The van der Waals surface area contributed by atoms with Crippen molar-refractivity contribution in [3.05, 3.63) is 39.1 Å². The first-order chi connectivity index (χ1) is 8.52. The second-order valence-corrected chi connectivity index (χ2v) is 4.45. The van der Waals surface area contributed by atoms with Crippen LogP contribution < -0.4 is 5.56 Å². The molecule has 0 N–H and O–H groups in total. The van der Waals surface area contributed by atoms with Gasteiger partial charge in [-0.05, 0) is 12.1 Å². The summed E-state index contributed by atoms with van der Waals surface area (Å²) >= 11 is 3.10. The van der Waals surface area contributed by atoms with Crippen LogP contribution in [-0.2, 0) is 16.1 Å². The van der Waals surface area contributed by atoms with Gasteiger partial charge in [-0.2, -0.15) is 0 Å². The number of halogens is 2. The molecule has 7 heteroatoms. The summed E-state index contributed by atoms with van der Waals surface area (Å²) in [5.41, 5.74) is -0.519. The fourth-order valence-electron chi connectivity index (χ4n) is 1.51. The summed E-state index contributed by atoms with van der Waals surface area (Å²) in [6.07, 6.45) is 1.12. The number of ether oxygens (including phenoxy) is 1. The minimum atomic E-state index is -0.596. The van der Waals surface area contributed by atoms with Gasteiger partial charge in [0.2, 0.25) is 0 Å². The second kappa shape index (κ2) is 4.85. The molecule has 0 radical (unpaired) electrons. The van der Waals surface area contributed by atoms with Gasteiger partial charge in [0.1, 0.15) is 12.1 Å². The van der Waals surface area contributed by atoms with E-state index in [9.17, 15) is 14.0 Å². The van der Waals surface area contributed by atoms with Crippen molar-refractivity contribution >= 4 is 32.8 Å². The molecular formula is C11H8BrFN2O3. The van der Waals surface area contributed by atoms with Crippen LogP contribution in [0.4, 0.5) is 4.39 Å². The number of carbonyl (C=O) groups excluding carboxylic acids is 1. The van der Waals surface area contributed by atoms with E-state index in [-0.39, 0.29) is 17.4 Å². The van der Waals surface area contributed by atoms with E-state index in [0.717, 1.165) is 10.9 Å². The number of carbonyl (C=O) groups is 1. The lowest BCUT2D eigenvalue weighted by molar-refractivity contribution is -0.141. The first kappa shape index (κ1) is 12.7. The van der Waals surface area contributed by atoms with Crippen LogP contribution >= 0.6 is 15.9 Å². The van der Waals surface area contributed by atoms with Gasteiger partial charge in [0.05, 0.1) is 18.8 Å². The lowest BCUT2D eigenvalue weighted by Gasteiger charge is -2.05. The summed E-state index contributed by atoms with van der Waals surface area (Å²) in [6.45, 7) is -0.258. The fourth-order valence-corrected chi connectivity index (χ4v) is 1.94. The lowest BCUT2D eigenvalue weighted by atomic mass is 10.2. The third kappa shape index (κ3) is 2.26. The molecule has 2 aromatic rings. The average molecular weight is 315 g/mol. The van der Waals surface area contributed by atoms with Crippen LogP contribution in [0, 0.1) is 5.82 Å². The third-order valence-electron chi connectivity index (χ3n) is 2.37. The van der Waals surface area contributed by atoms with E-state index >= 15 is 0 Å². The maximum absolute atomic E-state index is 13.6.